The standard InChI is InChI=1S/C16H9Cl2F3N2OS/c1-6(24)14-13(22)12-9(16(19,20)21)5-11(23-15(12)25-14)8-3-2-7(17)4-10(8)18/h2-5H,22H2,1H3. The van der Waals surface area contributed by atoms with E-state index in [2.05, 4.69) is 4.98 Å². The number of hydrogen-bond donors (Lipinski definition) is 1. The van der Waals surface area contributed by atoms with E-state index in [1.165, 1.54) is 25.1 Å². The van der Waals surface area contributed by atoms with Gasteiger partial charge in [-0.05, 0) is 24.3 Å². The third kappa shape index (κ3) is 3.19. The van der Waals surface area contributed by atoms with Crippen molar-refractivity contribution in [2.45, 2.75) is 13.1 Å². The molecule has 3 aromatic rings. The number of anilines is 1. The molecule has 0 aliphatic rings. The van der Waals surface area contributed by atoms with Gasteiger partial charge in [0.15, 0.2) is 5.78 Å². The Kier molecular flexibility index (Phi) is 4.43. The Morgan fingerprint density at radius 2 is 1.92 bits per heavy atom. The van der Waals surface area contributed by atoms with Crippen LogP contribution in [0.4, 0.5) is 18.9 Å². The van der Waals surface area contributed by atoms with Crippen molar-refractivity contribution in [3.05, 3.63) is 44.8 Å². The lowest BCUT2D eigenvalue weighted by Gasteiger charge is -2.12. The smallest absolute Gasteiger partial charge is 0.397 e. The quantitative estimate of drug-likeness (QED) is 0.527. The molecule has 0 fully saturated rings. The van der Waals surface area contributed by atoms with Crippen LogP contribution in [0.3, 0.4) is 0 Å². The second-order valence-electron chi connectivity index (χ2n) is 5.26. The summed E-state index contributed by atoms with van der Waals surface area (Å²) in [5.41, 5.74) is 4.94. The molecule has 3 rings (SSSR count). The summed E-state index contributed by atoms with van der Waals surface area (Å²) in [5.74, 6) is -0.417. The number of halogens is 5. The molecule has 1 aromatic carbocycles. The molecule has 0 atom stereocenters. The number of nitrogens with two attached hydrogens (primary N) is 1. The molecule has 0 aliphatic carbocycles. The highest BCUT2D eigenvalue weighted by molar-refractivity contribution is 7.21. The molecule has 130 valence electrons. The van der Waals surface area contributed by atoms with Gasteiger partial charge in [0.25, 0.3) is 0 Å². The number of alkyl halides is 3. The lowest BCUT2D eigenvalue weighted by atomic mass is 10.0. The molecule has 0 saturated heterocycles. The maximum absolute atomic E-state index is 13.6. The number of nitrogen functional groups attached to an aromatic ring is 1. The molecular formula is C16H9Cl2F3N2OS. The summed E-state index contributed by atoms with van der Waals surface area (Å²) in [6.07, 6.45) is -4.67. The number of ketones is 1. The van der Waals surface area contributed by atoms with Gasteiger partial charge in [-0.25, -0.2) is 4.98 Å². The molecular weight excluding hydrogens is 396 g/mol. The van der Waals surface area contributed by atoms with E-state index >= 15 is 0 Å². The number of nitrogens with zero attached hydrogens (tertiary/aromatic N) is 1. The average molecular weight is 405 g/mol. The van der Waals surface area contributed by atoms with Gasteiger partial charge < -0.3 is 5.73 Å². The van der Waals surface area contributed by atoms with Crippen LogP contribution in [-0.4, -0.2) is 10.8 Å². The number of thiophene rings is 1. The van der Waals surface area contributed by atoms with Gasteiger partial charge in [-0.2, -0.15) is 13.2 Å². The number of carbonyl (C=O) groups is 1. The van der Waals surface area contributed by atoms with Gasteiger partial charge in [0.1, 0.15) is 4.83 Å². The van der Waals surface area contributed by atoms with Crippen molar-refractivity contribution in [3.63, 3.8) is 0 Å². The Morgan fingerprint density at radius 1 is 1.24 bits per heavy atom. The van der Waals surface area contributed by atoms with Crippen LogP contribution in [0.1, 0.15) is 22.2 Å². The second-order valence-corrected chi connectivity index (χ2v) is 7.10. The topological polar surface area (TPSA) is 56.0 Å². The fourth-order valence-corrected chi connectivity index (χ4v) is 3.96. The van der Waals surface area contributed by atoms with Crippen molar-refractivity contribution in [1.29, 1.82) is 0 Å². The molecule has 25 heavy (non-hydrogen) atoms. The fraction of sp³-hybridized carbons (Fsp3) is 0.125. The van der Waals surface area contributed by atoms with Crippen LogP contribution in [0.5, 0.6) is 0 Å². The molecule has 0 aliphatic heterocycles. The molecule has 2 N–H and O–H groups in total. The number of fused-ring (bicyclic) bond motifs is 1. The number of Topliss-reactive ketones (excluding diaryl/α,β-unsaturated/α-hetero) is 1. The maximum atomic E-state index is 13.6. The van der Waals surface area contributed by atoms with E-state index in [-0.39, 0.29) is 31.5 Å². The predicted octanol–water partition coefficient (Wildman–Crippen LogP) is 6.07. The third-order valence-corrected chi connectivity index (χ3v) is 5.28. The lowest BCUT2D eigenvalue weighted by Crippen LogP contribution is -2.08. The van der Waals surface area contributed by atoms with Gasteiger partial charge >= 0.3 is 6.18 Å². The first-order chi connectivity index (χ1) is 11.6. The van der Waals surface area contributed by atoms with Crippen molar-refractivity contribution < 1.29 is 18.0 Å². The lowest BCUT2D eigenvalue weighted by molar-refractivity contribution is -0.136. The molecule has 0 radical (unpaired) electrons. The summed E-state index contributed by atoms with van der Waals surface area (Å²) in [6, 6.07) is 5.29. The molecule has 2 aromatic heterocycles. The van der Waals surface area contributed by atoms with Crippen molar-refractivity contribution in [3.8, 4) is 11.3 Å². The first kappa shape index (κ1) is 18.0. The zero-order valence-corrected chi connectivity index (χ0v) is 14.9. The normalized spacial score (nSPS) is 11.9. The monoisotopic (exact) mass is 404 g/mol. The van der Waals surface area contributed by atoms with Gasteiger partial charge in [0.05, 0.1) is 26.8 Å². The largest absolute Gasteiger partial charge is 0.417 e. The van der Waals surface area contributed by atoms with Crippen molar-refractivity contribution in [2.75, 3.05) is 5.73 Å². The molecule has 0 unspecified atom stereocenters. The summed E-state index contributed by atoms with van der Waals surface area (Å²) in [6.45, 7) is 1.24. The summed E-state index contributed by atoms with van der Waals surface area (Å²) in [7, 11) is 0. The highest BCUT2D eigenvalue weighted by Crippen LogP contribution is 2.44. The first-order valence-electron chi connectivity index (χ1n) is 6.86. The van der Waals surface area contributed by atoms with E-state index in [4.69, 9.17) is 28.9 Å². The number of aromatic nitrogens is 1. The highest BCUT2D eigenvalue weighted by Gasteiger charge is 2.36. The second kappa shape index (κ2) is 6.16. The van der Waals surface area contributed by atoms with Crippen molar-refractivity contribution in [2.24, 2.45) is 0 Å². The van der Waals surface area contributed by atoms with Gasteiger partial charge in [0, 0.05) is 22.9 Å². The summed E-state index contributed by atoms with van der Waals surface area (Å²) < 4.78 is 40.7. The first-order valence-corrected chi connectivity index (χ1v) is 8.43. The number of hydrogen-bond acceptors (Lipinski definition) is 4. The Hall–Kier alpha value is -1.83. The van der Waals surface area contributed by atoms with Gasteiger partial charge in [-0.1, -0.05) is 23.2 Å². The minimum absolute atomic E-state index is 0.0258. The van der Waals surface area contributed by atoms with E-state index in [0.717, 1.165) is 17.4 Å². The zero-order chi connectivity index (χ0) is 18.5. The van der Waals surface area contributed by atoms with Crippen molar-refractivity contribution in [1.82, 2.24) is 4.98 Å². The molecule has 0 amide bonds. The summed E-state index contributed by atoms with van der Waals surface area (Å²) in [4.78, 5) is 15.9. The Balaban J connectivity index is 2.38. The van der Waals surface area contributed by atoms with Crippen molar-refractivity contribution >= 4 is 56.2 Å². The van der Waals surface area contributed by atoms with Crippen LogP contribution in [0.25, 0.3) is 21.5 Å². The zero-order valence-electron chi connectivity index (χ0n) is 12.5. The summed E-state index contributed by atoms with van der Waals surface area (Å²) >= 11 is 12.7. The van der Waals surface area contributed by atoms with Crippen LogP contribution in [0.15, 0.2) is 24.3 Å². The SMILES string of the molecule is CC(=O)c1sc2nc(-c3ccc(Cl)cc3Cl)cc(C(F)(F)F)c2c1N. The minimum atomic E-state index is -4.67. The number of benzene rings is 1. The van der Waals surface area contributed by atoms with E-state index in [0.29, 0.717) is 10.6 Å². The van der Waals surface area contributed by atoms with Crippen LogP contribution < -0.4 is 5.73 Å². The molecule has 3 nitrogen and oxygen atoms in total. The maximum Gasteiger partial charge on any atom is 0.417 e. The average Bonchev–Trinajstić information content (AvgIpc) is 2.82. The van der Waals surface area contributed by atoms with Gasteiger partial charge in [0.2, 0.25) is 0 Å². The van der Waals surface area contributed by atoms with Gasteiger partial charge in [-0.3, -0.25) is 4.79 Å². The van der Waals surface area contributed by atoms with Crippen LogP contribution in [-0.2, 0) is 6.18 Å². The minimum Gasteiger partial charge on any atom is -0.397 e. The van der Waals surface area contributed by atoms with E-state index in [1.807, 2.05) is 0 Å². The fourth-order valence-electron chi connectivity index (χ4n) is 2.44. The third-order valence-electron chi connectivity index (χ3n) is 3.53. The Bertz CT molecular complexity index is 1010. The van der Waals surface area contributed by atoms with E-state index in [1.54, 1.807) is 0 Å². The number of carbonyl (C=O) groups excluding carboxylic acids is 1. The predicted molar refractivity (Wildman–Crippen MR) is 94.5 cm³/mol. The molecule has 0 saturated carbocycles. The van der Waals surface area contributed by atoms with Crippen LogP contribution >= 0.6 is 34.5 Å². The number of pyridine rings is 1. The Labute approximate surface area is 154 Å². The molecule has 9 heteroatoms. The Morgan fingerprint density at radius 3 is 2.48 bits per heavy atom. The molecule has 0 bridgehead atoms. The summed E-state index contributed by atoms with van der Waals surface area (Å²) in [5, 5.41) is 0.255. The van der Waals surface area contributed by atoms with Crippen LogP contribution in [0, 0.1) is 0 Å². The van der Waals surface area contributed by atoms with Gasteiger partial charge in [-0.15, -0.1) is 11.3 Å². The van der Waals surface area contributed by atoms with Crippen LogP contribution in [0.2, 0.25) is 10.0 Å². The van der Waals surface area contributed by atoms with E-state index < -0.39 is 17.5 Å². The number of rotatable bonds is 2. The highest BCUT2D eigenvalue weighted by atomic mass is 35.5. The molecule has 0 spiro atoms. The van der Waals surface area contributed by atoms with E-state index in [9.17, 15) is 18.0 Å². The molecule has 2 heterocycles.